The molecule has 5 heteroatoms. The molecule has 2 rings (SSSR count). The number of carbonyl (C=O) groups excluding carboxylic acids is 1. The number of ether oxygens (including phenoxy) is 1. The summed E-state index contributed by atoms with van der Waals surface area (Å²) in [4.78, 5) is 11.6. The van der Waals surface area contributed by atoms with Crippen LogP contribution in [0.2, 0.25) is 0 Å². The molecule has 0 amide bonds. The minimum absolute atomic E-state index is 0.297. The van der Waals surface area contributed by atoms with Gasteiger partial charge in [-0.1, -0.05) is 0 Å². The number of rotatable bonds is 2. The van der Waals surface area contributed by atoms with Crippen LogP contribution >= 0.6 is 0 Å². The molecule has 5 nitrogen and oxygen atoms in total. The van der Waals surface area contributed by atoms with Gasteiger partial charge in [-0.3, -0.25) is 0 Å². The van der Waals surface area contributed by atoms with Crippen LogP contribution in [-0.2, 0) is 4.74 Å². The number of hydrogen-bond acceptors (Lipinski definition) is 4. The highest BCUT2D eigenvalue weighted by atomic mass is 16.5. The molecule has 0 saturated heterocycles. The lowest BCUT2D eigenvalue weighted by atomic mass is 10.2. The number of hydrogen-bond donors (Lipinski definition) is 0. The molecule has 0 aromatic carbocycles. The quantitative estimate of drug-likeness (QED) is 0.710. The standard InChI is InChI=1S/C11H9N3O2/c1-2-16-11(15)9-7-13-14-5-3-4-8(6-12)10(9)14/h3-5,7H,2H2,1H3. The van der Waals surface area contributed by atoms with E-state index in [1.165, 1.54) is 10.7 Å². The summed E-state index contributed by atoms with van der Waals surface area (Å²) in [7, 11) is 0. The van der Waals surface area contributed by atoms with Gasteiger partial charge in [0.15, 0.2) is 0 Å². The van der Waals surface area contributed by atoms with Crippen molar-refractivity contribution in [1.29, 1.82) is 5.26 Å². The summed E-state index contributed by atoms with van der Waals surface area (Å²) in [6.07, 6.45) is 3.09. The summed E-state index contributed by atoms with van der Waals surface area (Å²) in [6, 6.07) is 5.37. The van der Waals surface area contributed by atoms with Crippen molar-refractivity contribution in [2.45, 2.75) is 6.92 Å². The Morgan fingerprint density at radius 2 is 2.50 bits per heavy atom. The van der Waals surface area contributed by atoms with Crippen molar-refractivity contribution in [3.8, 4) is 6.07 Å². The number of esters is 1. The van der Waals surface area contributed by atoms with Gasteiger partial charge < -0.3 is 4.74 Å². The number of nitriles is 1. The van der Waals surface area contributed by atoms with Gasteiger partial charge >= 0.3 is 5.97 Å². The van der Waals surface area contributed by atoms with Crippen molar-refractivity contribution in [3.05, 3.63) is 35.7 Å². The molecule has 0 spiro atoms. The molecular formula is C11H9N3O2. The van der Waals surface area contributed by atoms with E-state index in [0.29, 0.717) is 23.3 Å². The third-order valence-electron chi connectivity index (χ3n) is 2.16. The molecule has 0 aliphatic heterocycles. The lowest BCUT2D eigenvalue weighted by Gasteiger charge is -2.00. The molecule has 0 aliphatic rings. The van der Waals surface area contributed by atoms with Crippen LogP contribution in [0.1, 0.15) is 22.8 Å². The zero-order valence-corrected chi connectivity index (χ0v) is 8.67. The molecule has 80 valence electrons. The fourth-order valence-corrected chi connectivity index (χ4v) is 1.49. The Kier molecular flexibility index (Phi) is 2.56. The van der Waals surface area contributed by atoms with Crippen molar-refractivity contribution in [1.82, 2.24) is 9.61 Å². The van der Waals surface area contributed by atoms with Crippen molar-refractivity contribution >= 4 is 11.5 Å². The number of carbonyl (C=O) groups is 1. The number of aromatic nitrogens is 2. The fourth-order valence-electron chi connectivity index (χ4n) is 1.49. The third kappa shape index (κ3) is 1.50. The highest BCUT2D eigenvalue weighted by molar-refractivity contribution is 5.98. The van der Waals surface area contributed by atoms with E-state index in [9.17, 15) is 4.79 Å². The smallest absolute Gasteiger partial charge is 0.342 e. The van der Waals surface area contributed by atoms with E-state index >= 15 is 0 Å². The lowest BCUT2D eigenvalue weighted by molar-refractivity contribution is 0.0528. The van der Waals surface area contributed by atoms with E-state index in [1.807, 2.05) is 6.07 Å². The van der Waals surface area contributed by atoms with Gasteiger partial charge in [0.1, 0.15) is 11.6 Å². The molecular weight excluding hydrogens is 206 g/mol. The average molecular weight is 215 g/mol. The third-order valence-corrected chi connectivity index (χ3v) is 2.16. The van der Waals surface area contributed by atoms with E-state index in [0.717, 1.165) is 0 Å². The molecule has 0 N–H and O–H groups in total. The largest absolute Gasteiger partial charge is 0.462 e. The summed E-state index contributed by atoms with van der Waals surface area (Å²) in [6.45, 7) is 2.03. The minimum atomic E-state index is -0.458. The van der Waals surface area contributed by atoms with Gasteiger partial charge in [-0.15, -0.1) is 0 Å². The molecule has 2 aromatic heterocycles. The molecule has 0 bridgehead atoms. The molecule has 0 saturated carbocycles. The van der Waals surface area contributed by atoms with Gasteiger partial charge in [-0.2, -0.15) is 10.4 Å². The zero-order chi connectivity index (χ0) is 11.5. The summed E-state index contributed by atoms with van der Waals surface area (Å²) in [5.74, 6) is -0.458. The van der Waals surface area contributed by atoms with Gasteiger partial charge in [-0.25, -0.2) is 9.31 Å². The van der Waals surface area contributed by atoms with E-state index in [4.69, 9.17) is 10.00 Å². The molecule has 2 aromatic rings. The number of nitrogens with zero attached hydrogens (tertiary/aromatic N) is 3. The first-order chi connectivity index (χ1) is 7.77. The van der Waals surface area contributed by atoms with Gasteiger partial charge in [0, 0.05) is 6.20 Å². The lowest BCUT2D eigenvalue weighted by Crippen LogP contribution is -2.04. The van der Waals surface area contributed by atoms with E-state index < -0.39 is 5.97 Å². The summed E-state index contributed by atoms with van der Waals surface area (Å²) < 4.78 is 6.38. The summed E-state index contributed by atoms with van der Waals surface area (Å²) in [5, 5.41) is 12.9. The number of pyridine rings is 1. The Morgan fingerprint density at radius 3 is 3.19 bits per heavy atom. The van der Waals surface area contributed by atoms with Crippen molar-refractivity contribution in [3.63, 3.8) is 0 Å². The van der Waals surface area contributed by atoms with Gasteiger partial charge in [-0.05, 0) is 19.1 Å². The Morgan fingerprint density at radius 1 is 1.69 bits per heavy atom. The highest BCUT2D eigenvalue weighted by Crippen LogP contribution is 2.16. The van der Waals surface area contributed by atoms with Crippen LogP contribution in [0.4, 0.5) is 0 Å². The highest BCUT2D eigenvalue weighted by Gasteiger charge is 2.16. The Hall–Kier alpha value is -2.35. The average Bonchev–Trinajstić information content (AvgIpc) is 2.72. The SMILES string of the molecule is CCOC(=O)c1cnn2cccc(C#N)c12. The first-order valence-corrected chi connectivity index (χ1v) is 4.81. The van der Waals surface area contributed by atoms with Crippen molar-refractivity contribution < 1.29 is 9.53 Å². The van der Waals surface area contributed by atoms with Crippen LogP contribution in [0.3, 0.4) is 0 Å². The Bertz CT molecular complexity index is 580. The van der Waals surface area contributed by atoms with Crippen LogP contribution in [0.25, 0.3) is 5.52 Å². The fraction of sp³-hybridized carbons (Fsp3) is 0.182. The van der Waals surface area contributed by atoms with E-state index in [1.54, 1.807) is 25.3 Å². The summed E-state index contributed by atoms with van der Waals surface area (Å²) in [5.41, 5.74) is 1.21. The maximum absolute atomic E-state index is 11.6. The second-order valence-corrected chi connectivity index (χ2v) is 3.11. The van der Waals surface area contributed by atoms with Gasteiger partial charge in [0.05, 0.1) is 23.9 Å². The first kappa shape index (κ1) is 10.2. The van der Waals surface area contributed by atoms with Crippen LogP contribution < -0.4 is 0 Å². The monoisotopic (exact) mass is 215 g/mol. The molecule has 0 fully saturated rings. The molecule has 16 heavy (non-hydrogen) atoms. The maximum Gasteiger partial charge on any atom is 0.342 e. The Balaban J connectivity index is 2.63. The topological polar surface area (TPSA) is 67.4 Å². The zero-order valence-electron chi connectivity index (χ0n) is 8.67. The molecule has 0 unspecified atom stereocenters. The van der Waals surface area contributed by atoms with Crippen molar-refractivity contribution in [2.75, 3.05) is 6.61 Å². The summed E-state index contributed by atoms with van der Waals surface area (Å²) >= 11 is 0. The van der Waals surface area contributed by atoms with E-state index in [2.05, 4.69) is 5.10 Å². The second-order valence-electron chi connectivity index (χ2n) is 3.11. The molecule has 0 radical (unpaired) electrons. The predicted octanol–water partition coefficient (Wildman–Crippen LogP) is 1.38. The normalized spacial score (nSPS) is 10.0. The second kappa shape index (κ2) is 4.03. The first-order valence-electron chi connectivity index (χ1n) is 4.81. The molecule has 0 aliphatic carbocycles. The van der Waals surface area contributed by atoms with Crippen LogP contribution in [-0.4, -0.2) is 22.2 Å². The predicted molar refractivity (Wildman–Crippen MR) is 55.9 cm³/mol. The van der Waals surface area contributed by atoms with E-state index in [-0.39, 0.29) is 0 Å². The van der Waals surface area contributed by atoms with Crippen LogP contribution in [0.5, 0.6) is 0 Å². The van der Waals surface area contributed by atoms with Crippen molar-refractivity contribution in [2.24, 2.45) is 0 Å². The van der Waals surface area contributed by atoms with Crippen LogP contribution in [0, 0.1) is 11.3 Å². The molecule has 2 heterocycles. The number of fused-ring (bicyclic) bond motifs is 1. The minimum Gasteiger partial charge on any atom is -0.462 e. The van der Waals surface area contributed by atoms with Crippen LogP contribution in [0.15, 0.2) is 24.5 Å². The molecule has 0 atom stereocenters. The maximum atomic E-state index is 11.6. The Labute approximate surface area is 91.9 Å². The van der Waals surface area contributed by atoms with Gasteiger partial charge in [0.2, 0.25) is 0 Å². The van der Waals surface area contributed by atoms with Gasteiger partial charge in [0.25, 0.3) is 0 Å².